The summed E-state index contributed by atoms with van der Waals surface area (Å²) in [6.45, 7) is 1.93. The average Bonchev–Trinajstić information content (AvgIpc) is 2.31. The molecule has 98 valence electrons. The summed E-state index contributed by atoms with van der Waals surface area (Å²) in [6.07, 6.45) is 0. The number of nitrogens with one attached hydrogen (secondary N) is 1. The van der Waals surface area contributed by atoms with Crippen molar-refractivity contribution in [2.75, 3.05) is 11.1 Å². The minimum absolute atomic E-state index is 0.0435. The summed E-state index contributed by atoms with van der Waals surface area (Å²) in [5.41, 5.74) is 7.39. The van der Waals surface area contributed by atoms with Gasteiger partial charge in [-0.3, -0.25) is 4.79 Å². The SMILES string of the molecule is Cc1cc(Br)cc(NC(=O)c2ccc(F)c(N)c2)c1. The van der Waals surface area contributed by atoms with E-state index in [4.69, 9.17) is 5.73 Å². The second-order valence-electron chi connectivity index (χ2n) is 4.21. The van der Waals surface area contributed by atoms with Crippen molar-refractivity contribution in [1.82, 2.24) is 0 Å². The van der Waals surface area contributed by atoms with Crippen molar-refractivity contribution in [3.63, 3.8) is 0 Å². The third-order valence-corrected chi connectivity index (χ3v) is 3.02. The van der Waals surface area contributed by atoms with Gasteiger partial charge in [0.05, 0.1) is 5.69 Å². The quantitative estimate of drug-likeness (QED) is 0.828. The molecule has 1 amide bonds. The molecule has 0 aliphatic heterocycles. The highest BCUT2D eigenvalue weighted by Crippen LogP contribution is 2.20. The van der Waals surface area contributed by atoms with Gasteiger partial charge in [0.1, 0.15) is 5.82 Å². The zero-order valence-electron chi connectivity index (χ0n) is 10.2. The van der Waals surface area contributed by atoms with Gasteiger partial charge < -0.3 is 11.1 Å². The maximum atomic E-state index is 13.0. The molecule has 0 bridgehead atoms. The molecule has 0 spiro atoms. The van der Waals surface area contributed by atoms with E-state index >= 15 is 0 Å². The van der Waals surface area contributed by atoms with Crippen LogP contribution < -0.4 is 11.1 Å². The molecule has 2 aromatic rings. The van der Waals surface area contributed by atoms with E-state index in [1.54, 1.807) is 6.07 Å². The van der Waals surface area contributed by atoms with Gasteiger partial charge >= 0.3 is 0 Å². The number of carbonyl (C=O) groups excluding carboxylic acids is 1. The second-order valence-corrected chi connectivity index (χ2v) is 5.12. The maximum Gasteiger partial charge on any atom is 0.255 e. The molecule has 0 radical (unpaired) electrons. The number of rotatable bonds is 2. The van der Waals surface area contributed by atoms with Gasteiger partial charge in [0, 0.05) is 15.7 Å². The first-order valence-electron chi connectivity index (χ1n) is 5.59. The zero-order valence-corrected chi connectivity index (χ0v) is 11.8. The molecule has 0 saturated heterocycles. The lowest BCUT2D eigenvalue weighted by atomic mass is 10.1. The fourth-order valence-electron chi connectivity index (χ4n) is 1.70. The van der Waals surface area contributed by atoms with Gasteiger partial charge in [0.25, 0.3) is 5.91 Å². The van der Waals surface area contributed by atoms with Crippen LogP contribution in [0.5, 0.6) is 0 Å². The Balaban J connectivity index is 2.22. The van der Waals surface area contributed by atoms with Crippen molar-refractivity contribution in [2.45, 2.75) is 6.92 Å². The largest absolute Gasteiger partial charge is 0.396 e. The van der Waals surface area contributed by atoms with Crippen LogP contribution in [-0.2, 0) is 0 Å². The fourth-order valence-corrected chi connectivity index (χ4v) is 2.30. The Hall–Kier alpha value is -1.88. The molecular weight excluding hydrogens is 311 g/mol. The van der Waals surface area contributed by atoms with Crippen LogP contribution in [0.25, 0.3) is 0 Å². The van der Waals surface area contributed by atoms with Gasteiger partial charge in [-0.1, -0.05) is 15.9 Å². The first kappa shape index (κ1) is 13.5. The lowest BCUT2D eigenvalue weighted by molar-refractivity contribution is 0.102. The van der Waals surface area contributed by atoms with E-state index in [-0.39, 0.29) is 11.6 Å². The fraction of sp³-hybridized carbons (Fsp3) is 0.0714. The summed E-state index contributed by atoms with van der Waals surface area (Å²) in [4.78, 5) is 12.0. The van der Waals surface area contributed by atoms with Gasteiger partial charge in [-0.2, -0.15) is 0 Å². The monoisotopic (exact) mass is 322 g/mol. The van der Waals surface area contributed by atoms with Crippen LogP contribution in [0.2, 0.25) is 0 Å². The number of anilines is 2. The third-order valence-electron chi connectivity index (χ3n) is 2.56. The smallest absolute Gasteiger partial charge is 0.255 e. The van der Waals surface area contributed by atoms with Crippen LogP contribution in [0.15, 0.2) is 40.9 Å². The van der Waals surface area contributed by atoms with E-state index in [0.717, 1.165) is 10.0 Å². The highest BCUT2D eigenvalue weighted by molar-refractivity contribution is 9.10. The molecule has 5 heteroatoms. The van der Waals surface area contributed by atoms with Gasteiger partial charge in [0.15, 0.2) is 0 Å². The normalized spacial score (nSPS) is 10.3. The summed E-state index contributed by atoms with van der Waals surface area (Å²) in [6, 6.07) is 9.46. The zero-order chi connectivity index (χ0) is 14.0. The molecule has 0 aromatic heterocycles. The molecule has 0 fully saturated rings. The van der Waals surface area contributed by atoms with Crippen LogP contribution in [-0.4, -0.2) is 5.91 Å². The molecule has 0 aliphatic carbocycles. The molecular formula is C14H12BrFN2O. The molecule has 3 N–H and O–H groups in total. The summed E-state index contributed by atoms with van der Waals surface area (Å²) >= 11 is 3.36. The molecule has 0 saturated carbocycles. The number of halogens is 2. The summed E-state index contributed by atoms with van der Waals surface area (Å²) in [7, 11) is 0. The maximum absolute atomic E-state index is 13.0. The minimum atomic E-state index is -0.533. The Kier molecular flexibility index (Phi) is 3.85. The number of benzene rings is 2. The number of nitrogen functional groups attached to an aromatic ring is 1. The van der Waals surface area contributed by atoms with E-state index < -0.39 is 5.82 Å². The number of amides is 1. The molecule has 19 heavy (non-hydrogen) atoms. The predicted octanol–water partition coefficient (Wildman–Crippen LogP) is 3.73. The number of nitrogens with two attached hydrogens (primary N) is 1. The van der Waals surface area contributed by atoms with Gasteiger partial charge in [-0.15, -0.1) is 0 Å². The van der Waals surface area contributed by atoms with E-state index in [1.807, 2.05) is 19.1 Å². The first-order valence-corrected chi connectivity index (χ1v) is 6.38. The van der Waals surface area contributed by atoms with Crippen LogP contribution in [0.3, 0.4) is 0 Å². The van der Waals surface area contributed by atoms with Crippen molar-refractivity contribution >= 4 is 33.2 Å². The van der Waals surface area contributed by atoms with E-state index in [1.165, 1.54) is 18.2 Å². The van der Waals surface area contributed by atoms with Crippen LogP contribution >= 0.6 is 15.9 Å². The topological polar surface area (TPSA) is 55.1 Å². The Morgan fingerprint density at radius 3 is 2.63 bits per heavy atom. The molecule has 0 unspecified atom stereocenters. The molecule has 0 aliphatic rings. The Morgan fingerprint density at radius 2 is 2.00 bits per heavy atom. The Labute approximate surface area is 118 Å². The third kappa shape index (κ3) is 3.32. The Morgan fingerprint density at radius 1 is 1.26 bits per heavy atom. The number of hydrogen-bond donors (Lipinski definition) is 2. The van der Waals surface area contributed by atoms with Crippen molar-refractivity contribution in [1.29, 1.82) is 0 Å². The van der Waals surface area contributed by atoms with Crippen molar-refractivity contribution in [2.24, 2.45) is 0 Å². The van der Waals surface area contributed by atoms with Crippen LogP contribution in [0.1, 0.15) is 15.9 Å². The predicted molar refractivity (Wildman–Crippen MR) is 77.6 cm³/mol. The summed E-state index contributed by atoms with van der Waals surface area (Å²) in [5, 5.41) is 2.74. The summed E-state index contributed by atoms with van der Waals surface area (Å²) in [5.74, 6) is -0.862. The number of hydrogen-bond acceptors (Lipinski definition) is 2. The standard InChI is InChI=1S/C14H12BrFN2O/c1-8-4-10(15)7-11(5-8)18-14(19)9-2-3-12(16)13(17)6-9/h2-7H,17H2,1H3,(H,18,19). The van der Waals surface area contributed by atoms with Crippen molar-refractivity contribution in [3.8, 4) is 0 Å². The van der Waals surface area contributed by atoms with Crippen molar-refractivity contribution < 1.29 is 9.18 Å². The van der Waals surface area contributed by atoms with Crippen molar-refractivity contribution in [3.05, 3.63) is 57.8 Å². The Bertz CT molecular complexity index is 623. The minimum Gasteiger partial charge on any atom is -0.396 e. The van der Waals surface area contributed by atoms with E-state index in [9.17, 15) is 9.18 Å². The first-order chi connectivity index (χ1) is 8.95. The number of aryl methyl sites for hydroxylation is 1. The average molecular weight is 323 g/mol. The molecule has 2 rings (SSSR count). The van der Waals surface area contributed by atoms with Gasteiger partial charge in [0.2, 0.25) is 0 Å². The molecule has 3 nitrogen and oxygen atoms in total. The molecule has 0 atom stereocenters. The van der Waals surface area contributed by atoms with E-state index in [2.05, 4.69) is 21.2 Å². The highest BCUT2D eigenvalue weighted by Gasteiger charge is 2.09. The molecule has 2 aromatic carbocycles. The highest BCUT2D eigenvalue weighted by atomic mass is 79.9. The van der Waals surface area contributed by atoms with Gasteiger partial charge in [-0.05, 0) is 48.9 Å². The van der Waals surface area contributed by atoms with Crippen LogP contribution in [0.4, 0.5) is 15.8 Å². The lowest BCUT2D eigenvalue weighted by Gasteiger charge is -2.08. The summed E-state index contributed by atoms with van der Waals surface area (Å²) < 4.78 is 13.9. The molecule has 0 heterocycles. The lowest BCUT2D eigenvalue weighted by Crippen LogP contribution is -2.12. The van der Waals surface area contributed by atoms with Crippen LogP contribution in [0, 0.1) is 12.7 Å². The second kappa shape index (κ2) is 5.40. The van der Waals surface area contributed by atoms with E-state index in [0.29, 0.717) is 11.3 Å². The van der Waals surface area contributed by atoms with Gasteiger partial charge in [-0.25, -0.2) is 4.39 Å². The number of carbonyl (C=O) groups is 1.